The van der Waals surface area contributed by atoms with E-state index in [9.17, 15) is 45.2 Å². The van der Waals surface area contributed by atoms with Gasteiger partial charge in [-0.2, -0.15) is 17.2 Å². The van der Waals surface area contributed by atoms with Crippen LogP contribution in [0.3, 0.4) is 0 Å². The van der Waals surface area contributed by atoms with E-state index in [0.717, 1.165) is 23.1 Å². The minimum atomic E-state index is -5.65. The number of rotatable bonds is 44. The minimum absolute atomic E-state index is 0.0138. The van der Waals surface area contributed by atoms with E-state index < -0.39 is 56.4 Å². The molecule has 5 rings (SSSR count). The fraction of sp³-hybridized carbons (Fsp3) is 0.574. The number of carbonyl (C=O) groups excluding carboxylic acids is 4. The highest BCUT2D eigenvalue weighted by Crippen LogP contribution is 2.34. The SMILES string of the molecule is CCCN(CCC1CNC(=O)N1)C(=O)C1=Cc2ccc(-c3cnc(CNC(=O)CCOCCOCCOCCOCCOCCOCCOCCOCCOCCOCCC(=O)Oc4c(F)c(F)c(S(=O)(=O)O)c(F)c4F)nc3)cc2N=C(N)C1. The second kappa shape index (κ2) is 38.6. The van der Waals surface area contributed by atoms with Gasteiger partial charge in [-0.1, -0.05) is 19.1 Å². The summed E-state index contributed by atoms with van der Waals surface area (Å²) in [5.74, 6) is -12.3. The van der Waals surface area contributed by atoms with Gasteiger partial charge in [-0.3, -0.25) is 18.9 Å². The second-order valence-electron chi connectivity index (χ2n) is 18.5. The van der Waals surface area contributed by atoms with Crippen LogP contribution in [0.25, 0.3) is 17.2 Å². The molecule has 472 valence electrons. The number of nitrogens with zero attached hydrogens (tertiary/aromatic N) is 4. The van der Waals surface area contributed by atoms with Crippen LogP contribution in [-0.2, 0) is 78.4 Å². The molecule has 4 amide bonds. The Morgan fingerprint density at radius 3 is 1.64 bits per heavy atom. The average molecular weight is 1230 g/mol. The van der Waals surface area contributed by atoms with Crippen LogP contribution in [0.4, 0.5) is 28.0 Å². The van der Waals surface area contributed by atoms with Gasteiger partial charge < -0.3 is 78.7 Å². The predicted molar refractivity (Wildman–Crippen MR) is 294 cm³/mol. The highest BCUT2D eigenvalue weighted by Gasteiger charge is 2.34. The van der Waals surface area contributed by atoms with Gasteiger partial charge in [0.05, 0.1) is 151 Å². The third-order valence-corrected chi connectivity index (χ3v) is 12.9. The van der Waals surface area contributed by atoms with Gasteiger partial charge in [0.1, 0.15) is 11.7 Å². The van der Waals surface area contributed by atoms with Crippen molar-refractivity contribution in [3.8, 4) is 16.9 Å². The standard InChI is InChI=1S/C54H74F4N8O18S/c1-2-8-66(9-5-41-35-63-54(70)64-41)53(69)39-30-38-4-3-37(31-42(38)65-43(59)32-39)40-33-60-44(61-34-40)36-62-45(67)6-10-74-12-14-76-16-18-78-20-22-80-24-26-82-28-29-83-27-25-81-23-21-79-19-17-77-15-13-75-11-7-46(68)84-51-47(55)49(57)52(85(71,72)73)50(58)48(51)56/h3-4,30-31,33-34,41H,2,5-29,32,35-36H2,1H3,(H2,59,65)(H,62,67)(H2,63,64,70)(H,71,72,73). The van der Waals surface area contributed by atoms with E-state index in [1.54, 1.807) is 17.3 Å². The Kier molecular flexibility index (Phi) is 31.6. The van der Waals surface area contributed by atoms with Crippen LogP contribution in [0.5, 0.6) is 5.75 Å². The third kappa shape index (κ3) is 25.6. The highest BCUT2D eigenvalue weighted by atomic mass is 32.2. The number of urea groups is 1. The normalized spacial score (nSPS) is 14.0. The van der Waals surface area contributed by atoms with Gasteiger partial charge in [0.15, 0.2) is 16.5 Å². The molecule has 0 saturated carbocycles. The molecular formula is C54H74F4N8O18S. The number of hydrogen-bond acceptors (Lipinski definition) is 21. The minimum Gasteiger partial charge on any atom is -0.420 e. The van der Waals surface area contributed by atoms with E-state index >= 15 is 0 Å². The van der Waals surface area contributed by atoms with Crippen LogP contribution in [-0.4, -0.2) is 215 Å². The van der Waals surface area contributed by atoms with Crippen molar-refractivity contribution in [2.24, 2.45) is 10.7 Å². The zero-order chi connectivity index (χ0) is 61.2. The maximum Gasteiger partial charge on any atom is 0.315 e. The van der Waals surface area contributed by atoms with Crippen LogP contribution >= 0.6 is 0 Å². The molecule has 0 bridgehead atoms. The van der Waals surface area contributed by atoms with Crippen molar-refractivity contribution in [3.05, 3.63) is 70.8 Å². The first kappa shape index (κ1) is 69.4. The Hall–Kier alpha value is -6.36. The molecule has 1 unspecified atom stereocenters. The summed E-state index contributed by atoms with van der Waals surface area (Å²) in [5.41, 5.74) is 9.79. The van der Waals surface area contributed by atoms with Gasteiger partial charge in [-0.15, -0.1) is 0 Å². The predicted octanol–water partition coefficient (Wildman–Crippen LogP) is 3.20. The van der Waals surface area contributed by atoms with Crippen molar-refractivity contribution in [3.63, 3.8) is 0 Å². The number of aliphatic imine (C=N–C) groups is 1. The van der Waals surface area contributed by atoms with Crippen molar-refractivity contribution >= 4 is 51.5 Å². The van der Waals surface area contributed by atoms with Crippen molar-refractivity contribution in [2.45, 2.75) is 56.5 Å². The Morgan fingerprint density at radius 2 is 1.18 bits per heavy atom. The van der Waals surface area contributed by atoms with E-state index in [-0.39, 0.29) is 82.9 Å². The molecule has 0 aliphatic carbocycles. The first-order chi connectivity index (χ1) is 41.0. The largest absolute Gasteiger partial charge is 0.420 e. The number of aromatic nitrogens is 2. The first-order valence-electron chi connectivity index (χ1n) is 27.5. The molecule has 1 aromatic heterocycles. The quantitative estimate of drug-likeness (QED) is 0.0136. The van der Waals surface area contributed by atoms with Crippen LogP contribution in [0.1, 0.15) is 50.4 Å². The number of fused-ring (bicyclic) bond motifs is 1. The number of hydrogen-bond donors (Lipinski definition) is 5. The zero-order valence-corrected chi connectivity index (χ0v) is 48.0. The molecule has 2 aliphatic heterocycles. The molecule has 0 spiro atoms. The van der Waals surface area contributed by atoms with E-state index in [4.69, 9.17) is 57.7 Å². The molecule has 3 aromatic rings. The zero-order valence-electron chi connectivity index (χ0n) is 47.2. The summed E-state index contributed by atoms with van der Waals surface area (Å²) in [6, 6.07) is 5.44. The Balaban J connectivity index is 0.750. The molecule has 2 aliphatic rings. The molecule has 1 atom stereocenters. The smallest absolute Gasteiger partial charge is 0.315 e. The maximum atomic E-state index is 14.0. The summed E-state index contributed by atoms with van der Waals surface area (Å²) in [6.45, 7) is 9.39. The van der Waals surface area contributed by atoms with Crippen molar-refractivity contribution in [2.75, 3.05) is 152 Å². The molecule has 85 heavy (non-hydrogen) atoms. The van der Waals surface area contributed by atoms with Crippen LogP contribution in [0, 0.1) is 23.3 Å². The van der Waals surface area contributed by atoms with E-state index in [1.807, 2.05) is 31.2 Å². The summed E-state index contributed by atoms with van der Waals surface area (Å²) in [7, 11) is -5.65. The molecule has 2 aromatic carbocycles. The lowest BCUT2D eigenvalue weighted by Crippen LogP contribution is -2.38. The Labute approximate surface area is 489 Å². The number of nitrogens with two attached hydrogens (primary N) is 1. The Bertz CT molecular complexity index is 2740. The molecule has 3 heterocycles. The summed E-state index contributed by atoms with van der Waals surface area (Å²) >= 11 is 0. The van der Waals surface area contributed by atoms with Crippen LogP contribution in [0.15, 0.2) is 46.1 Å². The summed E-state index contributed by atoms with van der Waals surface area (Å²) in [4.78, 5) is 62.5. The van der Waals surface area contributed by atoms with Crippen molar-refractivity contribution < 1.29 is 102 Å². The number of benzene rings is 2. The molecular weight excluding hydrogens is 1160 g/mol. The third-order valence-electron chi connectivity index (χ3n) is 12.1. The van der Waals surface area contributed by atoms with E-state index in [0.29, 0.717) is 141 Å². The number of carbonyl (C=O) groups is 4. The van der Waals surface area contributed by atoms with Gasteiger partial charge in [0.2, 0.25) is 29.2 Å². The van der Waals surface area contributed by atoms with Crippen molar-refractivity contribution in [1.29, 1.82) is 0 Å². The number of nitrogens with one attached hydrogen (secondary N) is 3. The van der Waals surface area contributed by atoms with Gasteiger partial charge in [-0.25, -0.2) is 28.5 Å². The molecule has 26 nitrogen and oxygen atoms in total. The van der Waals surface area contributed by atoms with Gasteiger partial charge in [0, 0.05) is 67.6 Å². The van der Waals surface area contributed by atoms with E-state index in [2.05, 4.69) is 35.6 Å². The fourth-order valence-electron chi connectivity index (χ4n) is 7.82. The number of ether oxygens (including phenoxy) is 11. The number of halogens is 4. The highest BCUT2D eigenvalue weighted by molar-refractivity contribution is 7.85. The number of amidine groups is 1. The second-order valence-corrected chi connectivity index (χ2v) is 19.9. The molecule has 31 heteroatoms. The molecule has 1 fully saturated rings. The Morgan fingerprint density at radius 1 is 0.694 bits per heavy atom. The maximum absolute atomic E-state index is 14.0. The van der Waals surface area contributed by atoms with Gasteiger partial charge in [-0.05, 0) is 30.5 Å². The molecule has 6 N–H and O–H groups in total. The lowest BCUT2D eigenvalue weighted by molar-refractivity contribution is -0.136. The molecule has 1 saturated heterocycles. The summed E-state index contributed by atoms with van der Waals surface area (Å²) in [6.07, 6.45) is 6.39. The van der Waals surface area contributed by atoms with Crippen LogP contribution < -0.4 is 26.4 Å². The topological polar surface area (TPSA) is 328 Å². The monoisotopic (exact) mass is 1230 g/mol. The number of esters is 1. The van der Waals surface area contributed by atoms with Gasteiger partial charge in [0.25, 0.3) is 0 Å². The van der Waals surface area contributed by atoms with E-state index in [1.165, 1.54) is 0 Å². The van der Waals surface area contributed by atoms with Gasteiger partial charge >= 0.3 is 22.1 Å². The lowest BCUT2D eigenvalue weighted by Gasteiger charge is -2.24. The first-order valence-corrected chi connectivity index (χ1v) is 28.9. The number of amides is 4. The fourth-order valence-corrected chi connectivity index (χ4v) is 8.45. The lowest BCUT2D eigenvalue weighted by atomic mass is 10.0. The summed E-state index contributed by atoms with van der Waals surface area (Å²) in [5, 5.41) is 8.42. The average Bonchev–Trinajstić information content (AvgIpc) is 2.54. The van der Waals surface area contributed by atoms with Crippen LogP contribution in [0.2, 0.25) is 0 Å². The van der Waals surface area contributed by atoms with Crippen molar-refractivity contribution in [1.82, 2.24) is 30.8 Å². The summed E-state index contributed by atoms with van der Waals surface area (Å²) < 4.78 is 145. The molecule has 0 radical (unpaired) electrons.